The molecule has 0 radical (unpaired) electrons. The molecule has 0 amide bonds. The summed E-state index contributed by atoms with van der Waals surface area (Å²) in [5.41, 5.74) is 6.01. The standard InChI is InChI=1S/C11H15F2NOS/c1-15-4-5-16-7-11(14)9-6-8(12)2-3-10(9)13/h2-3,6,11H,4-5,7,14H2,1H3. The van der Waals surface area contributed by atoms with Gasteiger partial charge in [0.15, 0.2) is 0 Å². The molecule has 1 aromatic carbocycles. The predicted octanol–water partition coefficient (Wildman–Crippen LogP) is 2.34. The summed E-state index contributed by atoms with van der Waals surface area (Å²) in [6.07, 6.45) is 0. The van der Waals surface area contributed by atoms with Crippen molar-refractivity contribution in [3.05, 3.63) is 35.4 Å². The monoisotopic (exact) mass is 247 g/mol. The molecule has 0 aliphatic rings. The maximum absolute atomic E-state index is 13.3. The summed E-state index contributed by atoms with van der Waals surface area (Å²) in [5, 5.41) is 0. The molecule has 2 N–H and O–H groups in total. The van der Waals surface area contributed by atoms with E-state index in [1.54, 1.807) is 18.9 Å². The van der Waals surface area contributed by atoms with Crippen LogP contribution in [0.1, 0.15) is 11.6 Å². The van der Waals surface area contributed by atoms with Crippen LogP contribution in [0, 0.1) is 11.6 Å². The maximum Gasteiger partial charge on any atom is 0.128 e. The number of hydrogen-bond acceptors (Lipinski definition) is 3. The highest BCUT2D eigenvalue weighted by Gasteiger charge is 2.12. The van der Waals surface area contributed by atoms with Gasteiger partial charge in [0.1, 0.15) is 11.6 Å². The van der Waals surface area contributed by atoms with Crippen LogP contribution in [0.25, 0.3) is 0 Å². The SMILES string of the molecule is COCCSCC(N)c1cc(F)ccc1F. The van der Waals surface area contributed by atoms with Crippen LogP contribution in [-0.4, -0.2) is 25.2 Å². The summed E-state index contributed by atoms with van der Waals surface area (Å²) in [5.74, 6) is 0.417. The molecule has 90 valence electrons. The van der Waals surface area contributed by atoms with E-state index in [2.05, 4.69) is 0 Å². The van der Waals surface area contributed by atoms with Crippen molar-refractivity contribution in [1.82, 2.24) is 0 Å². The highest BCUT2D eigenvalue weighted by atomic mass is 32.2. The molecule has 1 atom stereocenters. The molecule has 1 rings (SSSR count). The molecule has 0 saturated carbocycles. The summed E-state index contributed by atoms with van der Waals surface area (Å²) in [6.45, 7) is 0.628. The topological polar surface area (TPSA) is 35.2 Å². The lowest BCUT2D eigenvalue weighted by molar-refractivity contribution is 0.218. The van der Waals surface area contributed by atoms with Crippen LogP contribution in [0.2, 0.25) is 0 Å². The fourth-order valence-electron chi connectivity index (χ4n) is 1.24. The third kappa shape index (κ3) is 4.08. The van der Waals surface area contributed by atoms with Gasteiger partial charge in [-0.3, -0.25) is 0 Å². The van der Waals surface area contributed by atoms with E-state index in [4.69, 9.17) is 10.5 Å². The molecule has 0 spiro atoms. The van der Waals surface area contributed by atoms with Crippen LogP contribution in [-0.2, 0) is 4.74 Å². The average Bonchev–Trinajstić information content (AvgIpc) is 2.27. The van der Waals surface area contributed by atoms with Crippen molar-refractivity contribution in [2.75, 3.05) is 25.2 Å². The smallest absolute Gasteiger partial charge is 0.128 e. The van der Waals surface area contributed by atoms with E-state index in [0.29, 0.717) is 12.4 Å². The van der Waals surface area contributed by atoms with Crippen molar-refractivity contribution >= 4 is 11.8 Å². The highest BCUT2D eigenvalue weighted by Crippen LogP contribution is 2.20. The maximum atomic E-state index is 13.3. The van der Waals surface area contributed by atoms with Crippen LogP contribution in [0.3, 0.4) is 0 Å². The summed E-state index contributed by atoms with van der Waals surface area (Å²) >= 11 is 1.56. The number of methoxy groups -OCH3 is 1. The van der Waals surface area contributed by atoms with Gasteiger partial charge in [0, 0.05) is 30.2 Å². The zero-order chi connectivity index (χ0) is 12.0. The van der Waals surface area contributed by atoms with Crippen molar-refractivity contribution in [3.8, 4) is 0 Å². The fourth-order valence-corrected chi connectivity index (χ4v) is 2.13. The molecule has 0 bridgehead atoms. The van der Waals surface area contributed by atoms with Crippen molar-refractivity contribution in [2.24, 2.45) is 5.73 Å². The molecule has 0 saturated heterocycles. The fraction of sp³-hybridized carbons (Fsp3) is 0.455. The van der Waals surface area contributed by atoms with Gasteiger partial charge in [0.2, 0.25) is 0 Å². The second-order valence-electron chi connectivity index (χ2n) is 3.34. The molecule has 2 nitrogen and oxygen atoms in total. The molecule has 5 heteroatoms. The number of hydrogen-bond donors (Lipinski definition) is 1. The largest absolute Gasteiger partial charge is 0.384 e. The zero-order valence-electron chi connectivity index (χ0n) is 9.08. The zero-order valence-corrected chi connectivity index (χ0v) is 9.90. The van der Waals surface area contributed by atoms with E-state index < -0.39 is 17.7 Å². The molecule has 0 fully saturated rings. The van der Waals surface area contributed by atoms with Crippen LogP contribution < -0.4 is 5.73 Å². The van der Waals surface area contributed by atoms with E-state index in [0.717, 1.165) is 24.0 Å². The van der Waals surface area contributed by atoms with Crippen LogP contribution in [0.4, 0.5) is 8.78 Å². The third-order valence-corrected chi connectivity index (χ3v) is 3.14. The Labute approximate surface area is 98.2 Å². The quantitative estimate of drug-likeness (QED) is 0.784. The van der Waals surface area contributed by atoms with Crippen LogP contribution >= 0.6 is 11.8 Å². The Hall–Kier alpha value is -0.650. The Kier molecular flexibility index (Phi) is 5.73. The Morgan fingerprint density at radius 1 is 1.44 bits per heavy atom. The summed E-state index contributed by atoms with van der Waals surface area (Å²) in [7, 11) is 1.62. The Morgan fingerprint density at radius 2 is 2.19 bits per heavy atom. The Morgan fingerprint density at radius 3 is 2.88 bits per heavy atom. The second kappa shape index (κ2) is 6.83. The Balaban J connectivity index is 2.51. The second-order valence-corrected chi connectivity index (χ2v) is 4.49. The van der Waals surface area contributed by atoms with Crippen LogP contribution in [0.15, 0.2) is 18.2 Å². The number of nitrogens with two attached hydrogens (primary N) is 1. The van der Waals surface area contributed by atoms with Gasteiger partial charge in [-0.2, -0.15) is 11.8 Å². The first-order valence-corrected chi connectivity index (χ1v) is 6.08. The molecule has 16 heavy (non-hydrogen) atoms. The highest BCUT2D eigenvalue weighted by molar-refractivity contribution is 7.99. The van der Waals surface area contributed by atoms with Gasteiger partial charge in [0.05, 0.1) is 6.61 Å². The summed E-state index contributed by atoms with van der Waals surface area (Å²) < 4.78 is 31.1. The number of benzene rings is 1. The molecule has 0 aromatic heterocycles. The van der Waals surface area contributed by atoms with E-state index in [-0.39, 0.29) is 5.56 Å². The first kappa shape index (κ1) is 13.4. The van der Waals surface area contributed by atoms with Crippen molar-refractivity contribution in [2.45, 2.75) is 6.04 Å². The Bertz CT molecular complexity index is 336. The minimum absolute atomic E-state index is 0.227. The average molecular weight is 247 g/mol. The van der Waals surface area contributed by atoms with E-state index >= 15 is 0 Å². The van der Waals surface area contributed by atoms with Gasteiger partial charge in [0.25, 0.3) is 0 Å². The summed E-state index contributed by atoms with van der Waals surface area (Å²) in [6, 6.07) is 2.85. The molecular weight excluding hydrogens is 232 g/mol. The van der Waals surface area contributed by atoms with E-state index in [9.17, 15) is 8.78 Å². The van der Waals surface area contributed by atoms with Gasteiger partial charge in [-0.25, -0.2) is 8.78 Å². The van der Waals surface area contributed by atoms with Crippen molar-refractivity contribution in [1.29, 1.82) is 0 Å². The number of halogens is 2. The molecule has 1 unspecified atom stereocenters. The predicted molar refractivity (Wildman–Crippen MR) is 62.5 cm³/mol. The normalized spacial score (nSPS) is 12.8. The van der Waals surface area contributed by atoms with E-state index in [1.165, 1.54) is 0 Å². The first-order valence-electron chi connectivity index (χ1n) is 4.92. The molecule has 0 aliphatic heterocycles. The first-order chi connectivity index (χ1) is 7.65. The van der Waals surface area contributed by atoms with Gasteiger partial charge in [-0.05, 0) is 18.2 Å². The lowest BCUT2D eigenvalue weighted by Gasteiger charge is -2.12. The van der Waals surface area contributed by atoms with Gasteiger partial charge in [-0.1, -0.05) is 0 Å². The molecule has 0 aliphatic carbocycles. The summed E-state index contributed by atoms with van der Waals surface area (Å²) in [4.78, 5) is 0. The van der Waals surface area contributed by atoms with E-state index in [1.807, 2.05) is 0 Å². The van der Waals surface area contributed by atoms with Gasteiger partial charge >= 0.3 is 0 Å². The van der Waals surface area contributed by atoms with Gasteiger partial charge in [-0.15, -0.1) is 0 Å². The number of thioether (sulfide) groups is 1. The molecule has 1 aromatic rings. The number of rotatable bonds is 6. The third-order valence-electron chi connectivity index (χ3n) is 2.09. The molecule has 0 heterocycles. The van der Waals surface area contributed by atoms with Crippen molar-refractivity contribution < 1.29 is 13.5 Å². The van der Waals surface area contributed by atoms with Gasteiger partial charge < -0.3 is 10.5 Å². The number of ether oxygens (including phenoxy) is 1. The lowest BCUT2D eigenvalue weighted by atomic mass is 10.1. The minimum Gasteiger partial charge on any atom is -0.384 e. The molecular formula is C11H15F2NOS. The van der Waals surface area contributed by atoms with Crippen molar-refractivity contribution in [3.63, 3.8) is 0 Å². The minimum atomic E-state index is -0.488. The van der Waals surface area contributed by atoms with Crippen LogP contribution in [0.5, 0.6) is 0 Å². The lowest BCUT2D eigenvalue weighted by Crippen LogP contribution is -2.15.